The SMILES string of the molecule is C=CCN1C(=O)/C(=C/c2cc(C)n(-c3cccc(C)c3)c2C)SC1=S. The van der Waals surface area contributed by atoms with Crippen molar-refractivity contribution >= 4 is 40.3 Å². The molecule has 128 valence electrons. The second-order valence-electron chi connectivity index (χ2n) is 6.08. The third-order valence-corrected chi connectivity index (χ3v) is 5.58. The van der Waals surface area contributed by atoms with Gasteiger partial charge < -0.3 is 4.57 Å². The van der Waals surface area contributed by atoms with Crippen LogP contribution in [0.2, 0.25) is 0 Å². The minimum Gasteiger partial charge on any atom is -0.318 e. The molecule has 1 saturated heterocycles. The molecule has 1 aliphatic heterocycles. The number of thioether (sulfide) groups is 1. The number of hydrogen-bond acceptors (Lipinski definition) is 3. The van der Waals surface area contributed by atoms with Crippen molar-refractivity contribution in [3.63, 3.8) is 0 Å². The van der Waals surface area contributed by atoms with Crippen LogP contribution in [0.1, 0.15) is 22.5 Å². The van der Waals surface area contributed by atoms with Crippen LogP contribution >= 0.6 is 24.0 Å². The van der Waals surface area contributed by atoms with Gasteiger partial charge in [0.25, 0.3) is 5.91 Å². The Morgan fingerprint density at radius 2 is 2.00 bits per heavy atom. The predicted octanol–water partition coefficient (Wildman–Crippen LogP) is 4.79. The quantitative estimate of drug-likeness (QED) is 0.441. The fourth-order valence-electron chi connectivity index (χ4n) is 3.03. The molecule has 3 rings (SSSR count). The molecule has 3 nitrogen and oxygen atoms in total. The summed E-state index contributed by atoms with van der Waals surface area (Å²) < 4.78 is 2.80. The Labute approximate surface area is 158 Å². The van der Waals surface area contributed by atoms with Crippen molar-refractivity contribution in [3.05, 3.63) is 70.4 Å². The van der Waals surface area contributed by atoms with Crippen molar-refractivity contribution < 1.29 is 4.79 Å². The molecule has 0 saturated carbocycles. The molecule has 1 fully saturated rings. The molecule has 1 aliphatic rings. The molecule has 0 aliphatic carbocycles. The van der Waals surface area contributed by atoms with Gasteiger partial charge in [-0.25, -0.2) is 0 Å². The van der Waals surface area contributed by atoms with Gasteiger partial charge in [0.05, 0.1) is 4.91 Å². The fraction of sp³-hybridized carbons (Fsp3) is 0.200. The van der Waals surface area contributed by atoms with E-state index in [-0.39, 0.29) is 5.91 Å². The Bertz CT molecular complexity index is 908. The van der Waals surface area contributed by atoms with E-state index in [1.165, 1.54) is 17.3 Å². The minimum atomic E-state index is -0.0461. The molecule has 0 unspecified atom stereocenters. The number of benzene rings is 1. The number of hydrogen-bond donors (Lipinski definition) is 0. The lowest BCUT2D eigenvalue weighted by atomic mass is 10.2. The van der Waals surface area contributed by atoms with Crippen LogP contribution in [-0.4, -0.2) is 26.2 Å². The second-order valence-corrected chi connectivity index (χ2v) is 7.76. The molecule has 0 radical (unpaired) electrons. The minimum absolute atomic E-state index is 0.0461. The van der Waals surface area contributed by atoms with Crippen molar-refractivity contribution in [3.8, 4) is 5.69 Å². The summed E-state index contributed by atoms with van der Waals surface area (Å²) in [6.07, 6.45) is 3.63. The Kier molecular flexibility index (Phi) is 4.97. The summed E-state index contributed by atoms with van der Waals surface area (Å²) in [7, 11) is 0. The van der Waals surface area contributed by atoms with Gasteiger partial charge >= 0.3 is 0 Å². The van der Waals surface area contributed by atoms with Crippen LogP contribution in [0, 0.1) is 20.8 Å². The fourth-order valence-corrected chi connectivity index (χ4v) is 4.29. The van der Waals surface area contributed by atoms with Crippen molar-refractivity contribution in [2.45, 2.75) is 20.8 Å². The molecule has 0 atom stereocenters. The highest BCUT2D eigenvalue weighted by atomic mass is 32.2. The van der Waals surface area contributed by atoms with Gasteiger partial charge in [0.1, 0.15) is 4.32 Å². The standard InChI is InChI=1S/C20H20N2OS2/c1-5-9-21-19(23)18(25-20(21)24)12-16-11-14(3)22(15(16)4)17-8-6-7-13(2)10-17/h5-8,10-12H,1,9H2,2-4H3/b18-12-. The highest BCUT2D eigenvalue weighted by Gasteiger charge is 2.31. The first-order chi connectivity index (χ1) is 11.9. The molecular formula is C20H20N2OS2. The summed E-state index contributed by atoms with van der Waals surface area (Å²) in [4.78, 5) is 14.8. The summed E-state index contributed by atoms with van der Waals surface area (Å²) in [5.74, 6) is -0.0461. The summed E-state index contributed by atoms with van der Waals surface area (Å²) in [5, 5.41) is 0. The lowest BCUT2D eigenvalue weighted by Crippen LogP contribution is -2.27. The first-order valence-electron chi connectivity index (χ1n) is 8.04. The van der Waals surface area contributed by atoms with Crippen molar-refractivity contribution in [1.82, 2.24) is 9.47 Å². The van der Waals surface area contributed by atoms with E-state index in [4.69, 9.17) is 12.2 Å². The Hall–Kier alpha value is -2.11. The van der Waals surface area contributed by atoms with Crippen LogP contribution < -0.4 is 0 Å². The van der Waals surface area contributed by atoms with Crippen LogP contribution in [0.25, 0.3) is 11.8 Å². The van der Waals surface area contributed by atoms with E-state index in [9.17, 15) is 4.79 Å². The summed E-state index contributed by atoms with van der Waals surface area (Å²) in [5.41, 5.74) is 5.64. The number of nitrogens with zero attached hydrogens (tertiary/aromatic N) is 2. The maximum absolute atomic E-state index is 12.5. The van der Waals surface area contributed by atoms with Crippen LogP contribution in [0.15, 0.2) is 47.9 Å². The maximum Gasteiger partial charge on any atom is 0.266 e. The molecule has 2 heterocycles. The van der Waals surface area contributed by atoms with Gasteiger partial charge in [-0.15, -0.1) is 6.58 Å². The molecule has 25 heavy (non-hydrogen) atoms. The third-order valence-electron chi connectivity index (χ3n) is 4.20. The van der Waals surface area contributed by atoms with Crippen LogP contribution in [-0.2, 0) is 4.79 Å². The van der Waals surface area contributed by atoms with E-state index in [0.29, 0.717) is 15.8 Å². The highest BCUT2D eigenvalue weighted by Crippen LogP contribution is 2.34. The maximum atomic E-state index is 12.5. The van der Waals surface area contributed by atoms with Gasteiger partial charge in [-0.3, -0.25) is 9.69 Å². The van der Waals surface area contributed by atoms with Gasteiger partial charge in [0, 0.05) is 23.6 Å². The number of amides is 1. The van der Waals surface area contributed by atoms with Gasteiger partial charge in [-0.2, -0.15) is 0 Å². The topological polar surface area (TPSA) is 25.2 Å². The first-order valence-corrected chi connectivity index (χ1v) is 9.27. The number of aryl methyl sites for hydroxylation is 2. The lowest BCUT2D eigenvalue weighted by Gasteiger charge is -2.10. The summed E-state index contributed by atoms with van der Waals surface area (Å²) >= 11 is 6.66. The smallest absolute Gasteiger partial charge is 0.266 e. The van der Waals surface area contributed by atoms with Crippen molar-refractivity contribution in [2.75, 3.05) is 6.54 Å². The number of carbonyl (C=O) groups is 1. The molecular weight excluding hydrogens is 348 g/mol. The largest absolute Gasteiger partial charge is 0.318 e. The van der Waals surface area contributed by atoms with Crippen molar-refractivity contribution in [2.24, 2.45) is 0 Å². The van der Waals surface area contributed by atoms with Crippen LogP contribution in [0.5, 0.6) is 0 Å². The van der Waals surface area contributed by atoms with E-state index < -0.39 is 0 Å². The van der Waals surface area contributed by atoms with Crippen LogP contribution in [0.4, 0.5) is 0 Å². The number of aromatic nitrogens is 1. The molecule has 1 aromatic heterocycles. The summed E-state index contributed by atoms with van der Waals surface area (Å²) in [6.45, 7) is 10.4. The molecule has 2 aromatic rings. The Morgan fingerprint density at radius 3 is 2.68 bits per heavy atom. The van der Waals surface area contributed by atoms with E-state index in [1.807, 2.05) is 6.08 Å². The second kappa shape index (κ2) is 7.02. The van der Waals surface area contributed by atoms with E-state index >= 15 is 0 Å². The predicted molar refractivity (Wildman–Crippen MR) is 110 cm³/mol. The average Bonchev–Trinajstić information content (AvgIpc) is 2.98. The first kappa shape index (κ1) is 17.7. The molecule has 0 spiro atoms. The van der Waals surface area contributed by atoms with Gasteiger partial charge in [0.15, 0.2) is 0 Å². The lowest BCUT2D eigenvalue weighted by molar-refractivity contribution is -0.121. The van der Waals surface area contributed by atoms with E-state index in [2.05, 4.69) is 62.2 Å². The molecule has 0 N–H and O–H groups in total. The van der Waals surface area contributed by atoms with Gasteiger partial charge in [-0.05, 0) is 56.2 Å². The monoisotopic (exact) mass is 368 g/mol. The normalized spacial score (nSPS) is 16.1. The molecule has 5 heteroatoms. The van der Waals surface area contributed by atoms with Crippen LogP contribution in [0.3, 0.4) is 0 Å². The number of carbonyl (C=O) groups excluding carboxylic acids is 1. The zero-order valence-electron chi connectivity index (χ0n) is 14.6. The number of thiocarbonyl (C=S) groups is 1. The number of rotatable bonds is 4. The molecule has 0 bridgehead atoms. The highest BCUT2D eigenvalue weighted by molar-refractivity contribution is 8.26. The molecule has 1 aromatic carbocycles. The van der Waals surface area contributed by atoms with E-state index in [0.717, 1.165) is 22.6 Å². The zero-order valence-corrected chi connectivity index (χ0v) is 16.2. The average molecular weight is 369 g/mol. The Morgan fingerprint density at radius 1 is 1.24 bits per heavy atom. The molecule has 1 amide bonds. The van der Waals surface area contributed by atoms with Gasteiger partial charge in [0.2, 0.25) is 0 Å². The Balaban J connectivity index is 2.00. The summed E-state index contributed by atoms with van der Waals surface area (Å²) in [6, 6.07) is 10.5. The third kappa shape index (κ3) is 3.34. The van der Waals surface area contributed by atoms with Gasteiger partial charge in [-0.1, -0.05) is 42.2 Å². The zero-order chi connectivity index (χ0) is 18.1. The van der Waals surface area contributed by atoms with Crippen molar-refractivity contribution in [1.29, 1.82) is 0 Å². The van der Waals surface area contributed by atoms with E-state index in [1.54, 1.807) is 11.0 Å².